The summed E-state index contributed by atoms with van der Waals surface area (Å²) < 4.78 is 13.1. The monoisotopic (exact) mass is 564 g/mol. The molecule has 10 rings (SSSR count). The topological polar surface area (TPSA) is 48.2 Å². The van der Waals surface area contributed by atoms with Crippen LogP contribution in [0.25, 0.3) is 76.9 Å². The number of para-hydroxylation sites is 1. The van der Waals surface area contributed by atoms with Crippen LogP contribution in [0.5, 0.6) is 5.75 Å². The van der Waals surface area contributed by atoms with Gasteiger partial charge >= 0.3 is 0 Å². The molecule has 0 amide bonds. The number of hydrogen-bond donors (Lipinski definition) is 0. The van der Waals surface area contributed by atoms with Crippen molar-refractivity contribution < 1.29 is 9.15 Å². The minimum absolute atomic E-state index is 0.0239. The molecule has 2 aliphatic rings. The molecule has 0 spiro atoms. The fourth-order valence-electron chi connectivity index (χ4n) is 7.27. The fraction of sp³-hybridized carbons (Fsp3) is 0.0500. The molecule has 0 radical (unpaired) electrons. The van der Waals surface area contributed by atoms with E-state index in [1.807, 2.05) is 18.3 Å². The maximum absolute atomic E-state index is 6.61. The van der Waals surface area contributed by atoms with Crippen molar-refractivity contribution in [3.8, 4) is 28.1 Å². The lowest BCUT2D eigenvalue weighted by Crippen LogP contribution is -2.15. The molecule has 0 bridgehead atoms. The average Bonchev–Trinajstić information content (AvgIpc) is 3.65. The molecule has 206 valence electrons. The van der Waals surface area contributed by atoms with Gasteiger partial charge in [0.25, 0.3) is 0 Å². The summed E-state index contributed by atoms with van der Waals surface area (Å²) in [5.41, 5.74) is 8.75. The lowest BCUT2D eigenvalue weighted by Gasteiger charge is -2.16. The highest BCUT2D eigenvalue weighted by Crippen LogP contribution is 2.51. The number of allylic oxidation sites excluding steroid dienone is 2. The van der Waals surface area contributed by atoms with E-state index >= 15 is 0 Å². The van der Waals surface area contributed by atoms with Gasteiger partial charge in [-0.05, 0) is 40.6 Å². The number of hydrogen-bond acceptors (Lipinski definition) is 4. The van der Waals surface area contributed by atoms with E-state index in [9.17, 15) is 0 Å². The Hall–Kier alpha value is -5.74. The summed E-state index contributed by atoms with van der Waals surface area (Å²) in [5.74, 6) is 1.03. The van der Waals surface area contributed by atoms with E-state index in [0.717, 1.165) is 71.9 Å². The molecule has 2 atom stereocenters. The molecular weight excluding hydrogens is 540 g/mol. The second-order valence-corrected chi connectivity index (χ2v) is 11.6. The van der Waals surface area contributed by atoms with E-state index in [4.69, 9.17) is 19.1 Å². The average molecular weight is 565 g/mol. The lowest BCUT2D eigenvalue weighted by molar-refractivity contribution is 0.269. The summed E-state index contributed by atoms with van der Waals surface area (Å²) in [6.45, 7) is 0. The Bertz CT molecular complexity index is 2520. The number of fused-ring (bicyclic) bond motifs is 12. The molecule has 4 heteroatoms. The summed E-state index contributed by atoms with van der Waals surface area (Å²) in [6.07, 6.45) is 10.4. The van der Waals surface area contributed by atoms with Crippen LogP contribution in [0.3, 0.4) is 0 Å². The predicted molar refractivity (Wildman–Crippen MR) is 178 cm³/mol. The predicted octanol–water partition coefficient (Wildman–Crippen LogP) is 10.1. The summed E-state index contributed by atoms with van der Waals surface area (Å²) in [6, 6.07) is 35.9. The van der Waals surface area contributed by atoms with Gasteiger partial charge in [0, 0.05) is 44.2 Å². The number of rotatable bonds is 2. The van der Waals surface area contributed by atoms with Crippen molar-refractivity contribution in [2.45, 2.75) is 12.0 Å². The van der Waals surface area contributed by atoms with E-state index in [0.29, 0.717) is 0 Å². The van der Waals surface area contributed by atoms with Crippen molar-refractivity contribution in [1.82, 2.24) is 9.97 Å². The molecule has 3 heterocycles. The van der Waals surface area contributed by atoms with Crippen LogP contribution in [-0.2, 0) is 0 Å². The minimum atomic E-state index is -0.0239. The third-order valence-corrected chi connectivity index (χ3v) is 9.23. The van der Waals surface area contributed by atoms with Gasteiger partial charge in [-0.3, -0.25) is 4.98 Å². The second-order valence-electron chi connectivity index (χ2n) is 11.6. The van der Waals surface area contributed by atoms with Gasteiger partial charge in [0.05, 0.1) is 22.9 Å². The molecule has 0 saturated carbocycles. The van der Waals surface area contributed by atoms with Gasteiger partial charge in [-0.25, -0.2) is 4.98 Å². The zero-order valence-corrected chi connectivity index (χ0v) is 23.6. The van der Waals surface area contributed by atoms with E-state index in [1.54, 1.807) is 0 Å². The highest BCUT2D eigenvalue weighted by Gasteiger charge is 2.37. The Morgan fingerprint density at radius 2 is 1.30 bits per heavy atom. The highest BCUT2D eigenvalue weighted by molar-refractivity contribution is 6.23. The number of benzene rings is 6. The Balaban J connectivity index is 1.22. The third kappa shape index (κ3) is 3.28. The Kier molecular flexibility index (Phi) is 4.80. The van der Waals surface area contributed by atoms with Gasteiger partial charge < -0.3 is 9.15 Å². The van der Waals surface area contributed by atoms with Crippen LogP contribution < -0.4 is 4.74 Å². The van der Waals surface area contributed by atoms with Gasteiger partial charge in [0.15, 0.2) is 0 Å². The molecule has 2 aromatic heterocycles. The first-order valence-electron chi connectivity index (χ1n) is 15.0. The largest absolute Gasteiger partial charge is 0.485 e. The Labute approximate surface area is 252 Å². The maximum Gasteiger partial charge on any atom is 0.143 e. The lowest BCUT2D eigenvalue weighted by atomic mass is 9.85. The van der Waals surface area contributed by atoms with Gasteiger partial charge in [-0.15, -0.1) is 0 Å². The zero-order chi connectivity index (χ0) is 28.8. The van der Waals surface area contributed by atoms with E-state index in [1.165, 1.54) is 16.3 Å². The smallest absolute Gasteiger partial charge is 0.143 e. The molecule has 1 aliphatic carbocycles. The number of aromatic nitrogens is 2. The Morgan fingerprint density at radius 1 is 0.591 bits per heavy atom. The zero-order valence-electron chi connectivity index (χ0n) is 23.6. The fourth-order valence-corrected chi connectivity index (χ4v) is 7.27. The second kappa shape index (κ2) is 8.88. The van der Waals surface area contributed by atoms with Crippen LogP contribution in [0.2, 0.25) is 0 Å². The van der Waals surface area contributed by atoms with E-state index < -0.39 is 0 Å². The molecule has 2 unspecified atom stereocenters. The standard InChI is InChI=1S/C40H24N2O2/c1-3-15-28-25(12-1)26-13-2-4-16-29(26)39-38(28)41-22-32(42-39)23-10-9-11-24(20-23)36-37-30-17-6-8-19-34(30)43-35(37)21-31-27-14-5-7-18-33(27)44-40(31)36/h1-22,30,34H. The number of furan rings is 1. The number of ether oxygens (including phenoxy) is 1. The van der Waals surface area contributed by atoms with Crippen molar-refractivity contribution in [1.29, 1.82) is 0 Å². The first kappa shape index (κ1) is 23.8. The maximum atomic E-state index is 6.61. The first-order valence-corrected chi connectivity index (χ1v) is 15.0. The van der Waals surface area contributed by atoms with Gasteiger partial charge in [0.1, 0.15) is 23.0 Å². The van der Waals surface area contributed by atoms with Gasteiger partial charge in [-0.2, -0.15) is 0 Å². The van der Waals surface area contributed by atoms with Crippen molar-refractivity contribution in [2.75, 3.05) is 0 Å². The molecule has 4 nitrogen and oxygen atoms in total. The Morgan fingerprint density at radius 3 is 2.14 bits per heavy atom. The molecule has 0 saturated heterocycles. The summed E-state index contributed by atoms with van der Waals surface area (Å²) in [4.78, 5) is 10.3. The highest BCUT2D eigenvalue weighted by atomic mass is 16.5. The van der Waals surface area contributed by atoms with Gasteiger partial charge in [0.2, 0.25) is 0 Å². The summed E-state index contributed by atoms with van der Waals surface area (Å²) in [5, 5.41) is 6.76. The summed E-state index contributed by atoms with van der Waals surface area (Å²) in [7, 11) is 0. The molecule has 0 fully saturated rings. The molecule has 1 aliphatic heterocycles. The van der Waals surface area contributed by atoms with Crippen LogP contribution in [0.15, 0.2) is 138 Å². The summed E-state index contributed by atoms with van der Waals surface area (Å²) >= 11 is 0. The van der Waals surface area contributed by atoms with Crippen molar-refractivity contribution in [2.24, 2.45) is 0 Å². The van der Waals surface area contributed by atoms with Crippen LogP contribution in [0.1, 0.15) is 11.5 Å². The van der Waals surface area contributed by atoms with Crippen LogP contribution >= 0.6 is 0 Å². The molecule has 0 N–H and O–H groups in total. The molecular formula is C40H24N2O2. The SMILES string of the molecule is C1=CC2Oc3cc4c(oc5ccccc54)c(-c4cccc(-c5cnc6c7ccccc7c7ccccc7c6n5)c4)c3C2C=C1. The third-order valence-electron chi connectivity index (χ3n) is 9.23. The van der Waals surface area contributed by atoms with Crippen LogP contribution in [-0.4, -0.2) is 16.1 Å². The van der Waals surface area contributed by atoms with E-state index in [2.05, 4.69) is 115 Å². The van der Waals surface area contributed by atoms with Crippen LogP contribution in [0, 0.1) is 0 Å². The molecule has 6 aromatic carbocycles. The number of nitrogens with zero attached hydrogens (tertiary/aromatic N) is 2. The van der Waals surface area contributed by atoms with Gasteiger partial charge in [-0.1, -0.05) is 103 Å². The van der Waals surface area contributed by atoms with E-state index in [-0.39, 0.29) is 12.0 Å². The minimum Gasteiger partial charge on any atom is -0.485 e. The van der Waals surface area contributed by atoms with Crippen molar-refractivity contribution >= 4 is 54.5 Å². The van der Waals surface area contributed by atoms with Crippen LogP contribution in [0.4, 0.5) is 0 Å². The molecule has 44 heavy (non-hydrogen) atoms. The van der Waals surface area contributed by atoms with Crippen molar-refractivity contribution in [3.05, 3.63) is 139 Å². The molecule has 8 aromatic rings. The first-order chi connectivity index (χ1) is 21.8. The normalized spacial score (nSPS) is 17.1. The van der Waals surface area contributed by atoms with Crippen molar-refractivity contribution in [3.63, 3.8) is 0 Å². The quantitative estimate of drug-likeness (QED) is 0.196.